The molecule has 0 N–H and O–H groups in total. The molecule has 0 atom stereocenters. The Hall–Kier alpha value is -0.540. The van der Waals surface area contributed by atoms with E-state index in [1.165, 1.54) is 0 Å². The molecule has 1 heterocycles. The first-order chi connectivity index (χ1) is 14.0. The number of unbranched alkanes of at least 4 members (excludes halogenated alkanes) is 1. The van der Waals surface area contributed by atoms with Crippen LogP contribution < -0.4 is 0 Å². The molecule has 3 amide bonds. The summed E-state index contributed by atoms with van der Waals surface area (Å²) < 4.78 is 0. The Kier molecular flexibility index (Phi) is 14.8. The van der Waals surface area contributed by atoms with Gasteiger partial charge in [0.25, 0.3) is 0 Å². The summed E-state index contributed by atoms with van der Waals surface area (Å²) >= 11 is 5.35. The van der Waals surface area contributed by atoms with Crippen LogP contribution >= 0.6 is 35.3 Å². The van der Waals surface area contributed by atoms with Crippen LogP contribution in [0.15, 0.2) is 0 Å². The summed E-state index contributed by atoms with van der Waals surface area (Å²) in [6, 6.07) is 0. The molecule has 168 valence electrons. The van der Waals surface area contributed by atoms with Crippen molar-refractivity contribution in [2.75, 3.05) is 54.5 Å². The van der Waals surface area contributed by atoms with Gasteiger partial charge in [-0.05, 0) is 35.9 Å². The van der Waals surface area contributed by atoms with E-state index in [4.69, 9.17) is 0 Å². The van der Waals surface area contributed by atoms with E-state index in [1.807, 2.05) is 11.8 Å². The molecular formula is C20H37N3O3S3. The number of rotatable bonds is 14. The van der Waals surface area contributed by atoms with Gasteiger partial charge in [0.15, 0.2) is 0 Å². The molecule has 1 aliphatic rings. The standard InChI is InChI=1S/C20H37N3O3S3/c1-4-27-12-8-7-9-18(24)21-15-22(19(25)10-13-28-5-2)17-23(16-21)20(26)11-14-29-6-3/h4-17H2,1-3H3. The maximum Gasteiger partial charge on any atom is 0.226 e. The van der Waals surface area contributed by atoms with E-state index < -0.39 is 0 Å². The molecule has 0 aliphatic carbocycles. The fourth-order valence-corrected chi connectivity index (χ4v) is 4.84. The minimum Gasteiger partial charge on any atom is -0.307 e. The molecule has 29 heavy (non-hydrogen) atoms. The van der Waals surface area contributed by atoms with E-state index in [0.29, 0.717) is 39.3 Å². The van der Waals surface area contributed by atoms with Gasteiger partial charge < -0.3 is 14.7 Å². The second-order valence-electron chi connectivity index (χ2n) is 6.77. The van der Waals surface area contributed by atoms with Crippen molar-refractivity contribution in [1.82, 2.24) is 14.7 Å². The highest BCUT2D eigenvalue weighted by Gasteiger charge is 2.31. The largest absolute Gasteiger partial charge is 0.307 e. The van der Waals surface area contributed by atoms with Gasteiger partial charge in [-0.2, -0.15) is 35.3 Å². The lowest BCUT2D eigenvalue weighted by Gasteiger charge is -2.42. The molecule has 0 spiro atoms. The second-order valence-corrected chi connectivity index (χ2v) is 11.0. The highest BCUT2D eigenvalue weighted by molar-refractivity contribution is 7.99. The zero-order chi connectivity index (χ0) is 21.5. The van der Waals surface area contributed by atoms with Crippen LogP contribution in [0.1, 0.15) is 52.9 Å². The SMILES string of the molecule is CCSCCCCC(=O)N1CN(C(=O)CCSCC)CN(C(=O)CCSCC)C1. The first-order valence-electron chi connectivity index (χ1n) is 10.6. The summed E-state index contributed by atoms with van der Waals surface area (Å²) in [5, 5.41) is 0. The quantitative estimate of drug-likeness (QED) is 0.367. The van der Waals surface area contributed by atoms with Crippen molar-refractivity contribution in [2.24, 2.45) is 0 Å². The monoisotopic (exact) mass is 463 g/mol. The molecule has 6 nitrogen and oxygen atoms in total. The molecule has 1 fully saturated rings. The van der Waals surface area contributed by atoms with E-state index in [9.17, 15) is 14.4 Å². The average Bonchev–Trinajstić information content (AvgIpc) is 2.73. The molecule has 0 aromatic carbocycles. The first-order valence-corrected chi connectivity index (χ1v) is 14.1. The molecule has 1 aliphatic heterocycles. The molecule has 0 unspecified atom stereocenters. The van der Waals surface area contributed by atoms with Crippen molar-refractivity contribution in [2.45, 2.75) is 52.9 Å². The number of hydrogen-bond donors (Lipinski definition) is 0. The van der Waals surface area contributed by atoms with E-state index in [2.05, 4.69) is 20.8 Å². The van der Waals surface area contributed by atoms with E-state index in [-0.39, 0.29) is 17.7 Å². The van der Waals surface area contributed by atoms with Crippen molar-refractivity contribution in [1.29, 1.82) is 0 Å². The highest BCUT2D eigenvalue weighted by atomic mass is 32.2. The van der Waals surface area contributed by atoms with Crippen LogP contribution in [0.2, 0.25) is 0 Å². The predicted molar refractivity (Wildman–Crippen MR) is 127 cm³/mol. The Bertz CT molecular complexity index is 479. The van der Waals surface area contributed by atoms with Crippen molar-refractivity contribution >= 4 is 53.0 Å². The van der Waals surface area contributed by atoms with Crippen molar-refractivity contribution in [3.05, 3.63) is 0 Å². The van der Waals surface area contributed by atoms with Gasteiger partial charge in [0, 0.05) is 30.8 Å². The van der Waals surface area contributed by atoms with Crippen molar-refractivity contribution < 1.29 is 14.4 Å². The number of amides is 3. The smallest absolute Gasteiger partial charge is 0.226 e. The van der Waals surface area contributed by atoms with Gasteiger partial charge in [0.2, 0.25) is 17.7 Å². The number of nitrogens with zero attached hydrogens (tertiary/aromatic N) is 3. The third-order valence-electron chi connectivity index (χ3n) is 4.54. The molecule has 0 bridgehead atoms. The number of carbonyl (C=O) groups is 3. The average molecular weight is 464 g/mol. The Morgan fingerprint density at radius 3 is 1.38 bits per heavy atom. The summed E-state index contributed by atoms with van der Waals surface area (Å²) in [4.78, 5) is 43.0. The summed E-state index contributed by atoms with van der Waals surface area (Å²) in [7, 11) is 0. The fourth-order valence-electron chi connectivity index (χ4n) is 2.93. The second kappa shape index (κ2) is 16.2. The van der Waals surface area contributed by atoms with Gasteiger partial charge in [0.05, 0.1) is 20.0 Å². The van der Waals surface area contributed by atoms with E-state index in [0.717, 1.165) is 47.4 Å². The van der Waals surface area contributed by atoms with E-state index in [1.54, 1.807) is 38.2 Å². The Morgan fingerprint density at radius 2 is 0.966 bits per heavy atom. The molecule has 1 saturated heterocycles. The van der Waals surface area contributed by atoms with E-state index >= 15 is 0 Å². The maximum atomic E-state index is 12.7. The minimum atomic E-state index is 0.0172. The van der Waals surface area contributed by atoms with Crippen LogP contribution in [0.4, 0.5) is 0 Å². The molecular weight excluding hydrogens is 426 g/mol. The van der Waals surface area contributed by atoms with Crippen LogP contribution in [0, 0.1) is 0 Å². The van der Waals surface area contributed by atoms with Crippen LogP contribution in [0.5, 0.6) is 0 Å². The van der Waals surface area contributed by atoms with Gasteiger partial charge >= 0.3 is 0 Å². The third kappa shape index (κ3) is 10.9. The molecule has 0 aromatic heterocycles. The maximum absolute atomic E-state index is 12.7. The summed E-state index contributed by atoms with van der Waals surface area (Å²) in [6.07, 6.45) is 3.24. The predicted octanol–water partition coefficient (Wildman–Crippen LogP) is 3.57. The lowest BCUT2D eigenvalue weighted by atomic mass is 10.2. The lowest BCUT2D eigenvalue weighted by Crippen LogP contribution is -2.59. The normalized spacial score (nSPS) is 14.4. The Labute approximate surface area is 189 Å². The Morgan fingerprint density at radius 1 is 0.586 bits per heavy atom. The molecule has 0 saturated carbocycles. The molecule has 0 aromatic rings. The van der Waals surface area contributed by atoms with Gasteiger partial charge in [-0.15, -0.1) is 0 Å². The van der Waals surface area contributed by atoms with Gasteiger partial charge in [-0.25, -0.2) is 0 Å². The zero-order valence-corrected chi connectivity index (χ0v) is 20.6. The highest BCUT2D eigenvalue weighted by Crippen LogP contribution is 2.15. The minimum absolute atomic E-state index is 0.0172. The third-order valence-corrected chi connectivity index (χ3v) is 7.33. The van der Waals surface area contributed by atoms with Crippen molar-refractivity contribution in [3.8, 4) is 0 Å². The first kappa shape index (κ1) is 26.5. The summed E-state index contributed by atoms with van der Waals surface area (Å²) in [6.45, 7) is 7.17. The number of carbonyl (C=O) groups excluding carboxylic acids is 3. The Balaban J connectivity index is 2.66. The van der Waals surface area contributed by atoms with Crippen LogP contribution in [0.25, 0.3) is 0 Å². The fraction of sp³-hybridized carbons (Fsp3) is 0.850. The van der Waals surface area contributed by atoms with Crippen LogP contribution in [-0.4, -0.2) is 86.9 Å². The van der Waals surface area contributed by atoms with Gasteiger partial charge in [-0.1, -0.05) is 20.8 Å². The zero-order valence-electron chi connectivity index (χ0n) is 18.2. The van der Waals surface area contributed by atoms with Gasteiger partial charge in [0.1, 0.15) is 0 Å². The molecule has 1 rings (SSSR count). The molecule has 0 radical (unpaired) electrons. The van der Waals surface area contributed by atoms with Crippen LogP contribution in [-0.2, 0) is 14.4 Å². The number of thioether (sulfide) groups is 3. The van der Waals surface area contributed by atoms with Crippen molar-refractivity contribution in [3.63, 3.8) is 0 Å². The van der Waals surface area contributed by atoms with Gasteiger partial charge in [-0.3, -0.25) is 14.4 Å². The number of hydrogen-bond acceptors (Lipinski definition) is 6. The summed E-state index contributed by atoms with van der Waals surface area (Å²) in [5.41, 5.74) is 0. The topological polar surface area (TPSA) is 60.9 Å². The lowest BCUT2D eigenvalue weighted by molar-refractivity contribution is -0.158. The van der Waals surface area contributed by atoms with Crippen LogP contribution in [0.3, 0.4) is 0 Å². The molecule has 9 heteroatoms. The summed E-state index contributed by atoms with van der Waals surface area (Å²) in [5.74, 6) is 5.75.